The maximum absolute atomic E-state index is 13.2. The van der Waals surface area contributed by atoms with Gasteiger partial charge >= 0.3 is 0 Å². The van der Waals surface area contributed by atoms with Gasteiger partial charge in [0.1, 0.15) is 22.5 Å². The first-order valence-electron chi connectivity index (χ1n) is 10.2. The number of benzene rings is 2. The predicted octanol–water partition coefficient (Wildman–Crippen LogP) is 3.27. The number of aromatic amines is 1. The summed E-state index contributed by atoms with van der Waals surface area (Å²) in [6, 6.07) is 12.8. The third-order valence-electron chi connectivity index (χ3n) is 5.11. The van der Waals surface area contributed by atoms with Gasteiger partial charge < -0.3 is 24.5 Å². The maximum Gasteiger partial charge on any atom is 0.278 e. The molecule has 0 saturated heterocycles. The molecule has 0 fully saturated rings. The van der Waals surface area contributed by atoms with Crippen LogP contribution in [0.25, 0.3) is 21.9 Å². The van der Waals surface area contributed by atoms with E-state index in [0.29, 0.717) is 46.5 Å². The van der Waals surface area contributed by atoms with Crippen LogP contribution in [0.15, 0.2) is 52.4 Å². The first-order valence-corrected chi connectivity index (χ1v) is 11.2. The van der Waals surface area contributed by atoms with Gasteiger partial charge in [0.25, 0.3) is 5.56 Å². The Morgan fingerprint density at radius 1 is 1.15 bits per heavy atom. The van der Waals surface area contributed by atoms with E-state index >= 15 is 0 Å². The number of aromatic nitrogens is 3. The van der Waals surface area contributed by atoms with E-state index in [1.165, 1.54) is 23.4 Å². The number of anilines is 1. The van der Waals surface area contributed by atoms with Crippen LogP contribution in [-0.4, -0.2) is 54.1 Å². The summed E-state index contributed by atoms with van der Waals surface area (Å²) in [6.07, 6.45) is 0. The van der Waals surface area contributed by atoms with Crippen molar-refractivity contribution in [3.05, 3.63) is 52.8 Å². The molecule has 0 bridgehead atoms. The number of carbonyl (C=O) groups excluding carboxylic acids is 1. The van der Waals surface area contributed by atoms with Crippen molar-refractivity contribution >= 4 is 45.3 Å². The van der Waals surface area contributed by atoms with E-state index in [9.17, 15) is 9.59 Å². The van der Waals surface area contributed by atoms with Gasteiger partial charge in [0.05, 0.1) is 38.8 Å². The molecule has 9 nitrogen and oxygen atoms in total. The second kappa shape index (κ2) is 9.97. The smallest absolute Gasteiger partial charge is 0.278 e. The molecule has 172 valence electrons. The molecule has 10 heteroatoms. The Hall–Kier alpha value is -3.50. The van der Waals surface area contributed by atoms with Crippen LogP contribution in [-0.2, 0) is 16.1 Å². The molecule has 2 heterocycles. The number of methoxy groups -OCH3 is 3. The minimum Gasteiger partial charge on any atom is -0.497 e. The monoisotopic (exact) mass is 468 g/mol. The molecule has 0 aliphatic carbocycles. The van der Waals surface area contributed by atoms with Crippen LogP contribution in [0, 0.1) is 0 Å². The number of nitrogens with zero attached hydrogens (tertiary/aromatic N) is 2. The topological polar surface area (TPSA) is 107 Å². The molecule has 0 saturated carbocycles. The van der Waals surface area contributed by atoms with Crippen molar-refractivity contribution in [3.8, 4) is 11.5 Å². The third-order valence-corrected chi connectivity index (χ3v) is 6.09. The number of amides is 1. The SMILES string of the molecule is COCCn1c(SCC(=O)Nc2ccc(OC)cc2OC)nc2c([nH]c3ccccc32)c1=O. The molecule has 0 spiro atoms. The highest BCUT2D eigenvalue weighted by Crippen LogP contribution is 2.29. The summed E-state index contributed by atoms with van der Waals surface area (Å²) in [7, 11) is 4.65. The van der Waals surface area contributed by atoms with E-state index in [2.05, 4.69) is 10.3 Å². The van der Waals surface area contributed by atoms with Crippen molar-refractivity contribution in [2.75, 3.05) is 39.0 Å². The predicted molar refractivity (Wildman–Crippen MR) is 129 cm³/mol. The summed E-state index contributed by atoms with van der Waals surface area (Å²) < 4.78 is 17.2. The van der Waals surface area contributed by atoms with Crippen molar-refractivity contribution in [2.45, 2.75) is 11.7 Å². The van der Waals surface area contributed by atoms with Gasteiger partial charge in [-0.2, -0.15) is 0 Å². The van der Waals surface area contributed by atoms with Gasteiger partial charge in [-0.1, -0.05) is 30.0 Å². The fourth-order valence-electron chi connectivity index (χ4n) is 3.48. The van der Waals surface area contributed by atoms with Crippen LogP contribution >= 0.6 is 11.8 Å². The van der Waals surface area contributed by atoms with Crippen LogP contribution in [0.1, 0.15) is 0 Å². The van der Waals surface area contributed by atoms with Gasteiger partial charge in [0, 0.05) is 24.1 Å². The van der Waals surface area contributed by atoms with Crippen molar-refractivity contribution in [1.29, 1.82) is 0 Å². The Morgan fingerprint density at radius 3 is 2.73 bits per heavy atom. The number of hydrogen-bond donors (Lipinski definition) is 2. The molecular formula is C23H24N4O5S. The number of H-pyrrole nitrogens is 1. The van der Waals surface area contributed by atoms with E-state index in [1.54, 1.807) is 32.4 Å². The van der Waals surface area contributed by atoms with Crippen molar-refractivity contribution in [1.82, 2.24) is 14.5 Å². The second-order valence-electron chi connectivity index (χ2n) is 7.14. The first-order chi connectivity index (χ1) is 16.0. The molecule has 2 N–H and O–H groups in total. The second-order valence-corrected chi connectivity index (χ2v) is 8.08. The number of fused-ring (bicyclic) bond motifs is 3. The van der Waals surface area contributed by atoms with Crippen LogP contribution in [0.2, 0.25) is 0 Å². The molecule has 0 aliphatic heterocycles. The largest absolute Gasteiger partial charge is 0.497 e. The average Bonchev–Trinajstić information content (AvgIpc) is 3.21. The third kappa shape index (κ3) is 4.67. The van der Waals surface area contributed by atoms with Gasteiger partial charge in [0.2, 0.25) is 5.91 Å². The number of para-hydroxylation sites is 1. The summed E-state index contributed by atoms with van der Waals surface area (Å²) in [5.74, 6) is 0.915. The molecular weight excluding hydrogens is 444 g/mol. The van der Waals surface area contributed by atoms with Crippen LogP contribution in [0.5, 0.6) is 11.5 Å². The standard InChI is InChI=1S/C23H24N4O5S/c1-30-11-10-27-22(29)21-20(15-6-4-5-7-16(15)25-21)26-23(27)33-13-19(28)24-17-9-8-14(31-2)12-18(17)32-3/h4-9,12,25H,10-11,13H2,1-3H3,(H,24,28). The quantitative estimate of drug-likeness (QED) is 0.287. The normalized spacial score (nSPS) is 11.1. The molecule has 0 atom stereocenters. The summed E-state index contributed by atoms with van der Waals surface area (Å²) in [6.45, 7) is 0.667. The lowest BCUT2D eigenvalue weighted by Gasteiger charge is -2.13. The van der Waals surface area contributed by atoms with E-state index in [4.69, 9.17) is 19.2 Å². The highest BCUT2D eigenvalue weighted by molar-refractivity contribution is 7.99. The molecule has 0 unspecified atom stereocenters. The Balaban J connectivity index is 1.61. The van der Waals surface area contributed by atoms with Gasteiger partial charge in [-0.25, -0.2) is 4.98 Å². The van der Waals surface area contributed by atoms with Crippen molar-refractivity contribution in [3.63, 3.8) is 0 Å². The minimum atomic E-state index is -0.255. The molecule has 33 heavy (non-hydrogen) atoms. The van der Waals surface area contributed by atoms with Gasteiger partial charge in [0.15, 0.2) is 5.16 Å². The lowest BCUT2D eigenvalue weighted by atomic mass is 10.2. The minimum absolute atomic E-state index is 0.0580. The molecule has 4 aromatic rings. The molecule has 0 radical (unpaired) electrons. The molecule has 0 aliphatic rings. The Morgan fingerprint density at radius 2 is 1.97 bits per heavy atom. The van der Waals surface area contributed by atoms with E-state index in [0.717, 1.165) is 10.9 Å². The van der Waals surface area contributed by atoms with Gasteiger partial charge in [-0.3, -0.25) is 14.2 Å². The Kier molecular flexibility index (Phi) is 6.85. The summed E-state index contributed by atoms with van der Waals surface area (Å²) >= 11 is 1.19. The number of thioether (sulfide) groups is 1. The number of rotatable bonds is 9. The average molecular weight is 469 g/mol. The fourth-order valence-corrected chi connectivity index (χ4v) is 4.30. The molecule has 2 aromatic heterocycles. The van der Waals surface area contributed by atoms with Gasteiger partial charge in [-0.15, -0.1) is 0 Å². The zero-order valence-corrected chi connectivity index (χ0v) is 19.3. The van der Waals surface area contributed by atoms with Crippen LogP contribution in [0.4, 0.5) is 5.69 Å². The summed E-state index contributed by atoms with van der Waals surface area (Å²) in [5, 5.41) is 4.14. The highest BCUT2D eigenvalue weighted by Gasteiger charge is 2.17. The lowest BCUT2D eigenvalue weighted by molar-refractivity contribution is -0.113. The molecule has 4 rings (SSSR count). The number of ether oxygens (including phenoxy) is 3. The number of carbonyl (C=O) groups is 1. The van der Waals surface area contributed by atoms with E-state index in [1.807, 2.05) is 24.3 Å². The molecule has 1 amide bonds. The van der Waals surface area contributed by atoms with Crippen molar-refractivity contribution < 1.29 is 19.0 Å². The van der Waals surface area contributed by atoms with Crippen LogP contribution < -0.4 is 20.3 Å². The zero-order valence-electron chi connectivity index (χ0n) is 18.5. The summed E-state index contributed by atoms with van der Waals surface area (Å²) in [4.78, 5) is 33.8. The fraction of sp³-hybridized carbons (Fsp3) is 0.261. The number of nitrogens with one attached hydrogen (secondary N) is 2. The first kappa shape index (κ1) is 22.7. The van der Waals surface area contributed by atoms with E-state index < -0.39 is 0 Å². The Labute approximate surface area is 194 Å². The number of hydrogen-bond acceptors (Lipinski definition) is 7. The van der Waals surface area contributed by atoms with E-state index in [-0.39, 0.29) is 17.2 Å². The maximum atomic E-state index is 13.2. The molecule has 2 aromatic carbocycles. The summed E-state index contributed by atoms with van der Waals surface area (Å²) in [5.41, 5.74) is 2.18. The lowest BCUT2D eigenvalue weighted by Crippen LogP contribution is -2.26. The van der Waals surface area contributed by atoms with Crippen LogP contribution in [0.3, 0.4) is 0 Å². The zero-order chi connectivity index (χ0) is 23.4. The Bertz CT molecular complexity index is 1360. The van der Waals surface area contributed by atoms with Gasteiger partial charge in [-0.05, 0) is 18.2 Å². The van der Waals surface area contributed by atoms with Crippen molar-refractivity contribution in [2.24, 2.45) is 0 Å². The highest BCUT2D eigenvalue weighted by atomic mass is 32.2.